The minimum Gasteiger partial charge on any atom is -0.488 e. The Balaban J connectivity index is 2.00. The number of carbonyl (C=O) groups excluding carboxylic acids is 2. The summed E-state index contributed by atoms with van der Waals surface area (Å²) in [7, 11) is 2.95. The molecular weight excluding hydrogens is 490 g/mol. The second-order valence-corrected chi connectivity index (χ2v) is 7.93. The largest absolute Gasteiger partial charge is 0.488 e. The smallest absolute Gasteiger partial charge is 0.416 e. The Labute approximate surface area is 202 Å². The van der Waals surface area contributed by atoms with E-state index in [0.29, 0.717) is 12.1 Å². The molecule has 0 saturated heterocycles. The fraction of sp³-hybridized carbons (Fsp3) is 0.200. The second kappa shape index (κ2) is 10.3. The predicted octanol–water partition coefficient (Wildman–Crippen LogP) is 6.26. The maximum absolute atomic E-state index is 13.2. The van der Waals surface area contributed by atoms with Gasteiger partial charge in [0.2, 0.25) is 0 Å². The summed E-state index contributed by atoms with van der Waals surface area (Å²) in [5, 5.41) is 2.07. The molecule has 1 N–H and O–H groups in total. The lowest BCUT2D eigenvalue weighted by Crippen LogP contribution is -2.23. The summed E-state index contributed by atoms with van der Waals surface area (Å²) in [6.45, 7) is 0.0177. The number of nitrogens with zero attached hydrogens (tertiary/aromatic N) is 1. The quantitative estimate of drug-likeness (QED) is 0.399. The molecule has 3 rings (SSSR count). The van der Waals surface area contributed by atoms with Gasteiger partial charge in [-0.2, -0.15) is 26.3 Å². The van der Waals surface area contributed by atoms with Gasteiger partial charge < -0.3 is 15.0 Å². The van der Waals surface area contributed by atoms with Gasteiger partial charge in [-0.1, -0.05) is 30.3 Å². The molecule has 0 heterocycles. The molecule has 5 nitrogen and oxygen atoms in total. The monoisotopic (exact) mass is 510 g/mol. The van der Waals surface area contributed by atoms with Crippen LogP contribution >= 0.6 is 0 Å². The number of benzene rings is 3. The first kappa shape index (κ1) is 26.6. The van der Waals surface area contributed by atoms with Crippen molar-refractivity contribution in [2.75, 3.05) is 19.4 Å². The van der Waals surface area contributed by atoms with Crippen molar-refractivity contribution in [2.45, 2.75) is 19.0 Å². The highest BCUT2D eigenvalue weighted by molar-refractivity contribution is 6.08. The standard InChI is InChI=1S/C25H20F6N2O3/c1-33(2)23(35)16-8-9-21(36-14-15-6-4-3-5-7-15)20(10-16)22(34)32-19-12-17(24(26,27)28)11-18(13-19)25(29,30)31/h3-13H,14H2,1-2H3,(H,32,34). The van der Waals surface area contributed by atoms with Gasteiger partial charge in [0.25, 0.3) is 11.8 Å². The van der Waals surface area contributed by atoms with E-state index in [4.69, 9.17) is 4.74 Å². The van der Waals surface area contributed by atoms with Gasteiger partial charge in [0.15, 0.2) is 0 Å². The number of amides is 2. The van der Waals surface area contributed by atoms with Crippen molar-refractivity contribution in [1.29, 1.82) is 0 Å². The van der Waals surface area contributed by atoms with Crippen molar-refractivity contribution < 1.29 is 40.7 Å². The van der Waals surface area contributed by atoms with Gasteiger partial charge >= 0.3 is 12.4 Å². The minimum absolute atomic E-state index is 0.0177. The molecule has 0 bridgehead atoms. The average molecular weight is 510 g/mol. The summed E-state index contributed by atoms with van der Waals surface area (Å²) < 4.78 is 84.9. The van der Waals surface area contributed by atoms with Gasteiger partial charge in [-0.05, 0) is 42.0 Å². The van der Waals surface area contributed by atoms with Crippen LogP contribution in [-0.2, 0) is 19.0 Å². The predicted molar refractivity (Wildman–Crippen MR) is 120 cm³/mol. The van der Waals surface area contributed by atoms with E-state index in [9.17, 15) is 35.9 Å². The molecule has 0 spiro atoms. The fourth-order valence-corrected chi connectivity index (χ4v) is 3.19. The van der Waals surface area contributed by atoms with Gasteiger partial charge in [0, 0.05) is 25.3 Å². The van der Waals surface area contributed by atoms with Gasteiger partial charge in [-0.3, -0.25) is 9.59 Å². The SMILES string of the molecule is CN(C)C(=O)c1ccc(OCc2ccccc2)c(C(=O)Nc2cc(C(F)(F)F)cc(C(F)(F)F)c2)c1. The van der Waals surface area contributed by atoms with Crippen LogP contribution in [0.25, 0.3) is 0 Å². The molecule has 0 aliphatic carbocycles. The lowest BCUT2D eigenvalue weighted by Gasteiger charge is -2.17. The minimum atomic E-state index is -5.08. The van der Waals surface area contributed by atoms with E-state index in [1.807, 2.05) is 0 Å². The van der Waals surface area contributed by atoms with Crippen molar-refractivity contribution in [3.05, 3.63) is 94.5 Å². The number of ether oxygens (including phenoxy) is 1. The zero-order valence-corrected chi connectivity index (χ0v) is 19.0. The Morgan fingerprint density at radius 2 is 1.42 bits per heavy atom. The maximum Gasteiger partial charge on any atom is 0.416 e. The van der Waals surface area contributed by atoms with Crippen molar-refractivity contribution in [3.63, 3.8) is 0 Å². The molecule has 3 aromatic rings. The number of rotatable bonds is 6. The molecule has 0 saturated carbocycles. The van der Waals surface area contributed by atoms with E-state index in [1.165, 1.54) is 31.1 Å². The molecule has 190 valence electrons. The van der Waals surface area contributed by atoms with Gasteiger partial charge in [-0.15, -0.1) is 0 Å². The van der Waals surface area contributed by atoms with Crippen LogP contribution in [0.4, 0.5) is 32.0 Å². The molecule has 36 heavy (non-hydrogen) atoms. The average Bonchev–Trinajstić information content (AvgIpc) is 2.81. The van der Waals surface area contributed by atoms with E-state index < -0.39 is 41.0 Å². The van der Waals surface area contributed by atoms with E-state index in [1.54, 1.807) is 30.3 Å². The van der Waals surface area contributed by atoms with Crippen LogP contribution in [0.3, 0.4) is 0 Å². The summed E-state index contributed by atoms with van der Waals surface area (Å²) in [5.41, 5.74) is -3.32. The lowest BCUT2D eigenvalue weighted by molar-refractivity contribution is -0.143. The van der Waals surface area contributed by atoms with Crippen molar-refractivity contribution in [2.24, 2.45) is 0 Å². The molecule has 3 aromatic carbocycles. The topological polar surface area (TPSA) is 58.6 Å². The summed E-state index contributed by atoms with van der Waals surface area (Å²) in [5.74, 6) is -1.55. The lowest BCUT2D eigenvalue weighted by atomic mass is 10.1. The van der Waals surface area contributed by atoms with E-state index in [2.05, 4.69) is 5.32 Å². The highest BCUT2D eigenvalue weighted by Gasteiger charge is 2.37. The van der Waals surface area contributed by atoms with Gasteiger partial charge in [0.05, 0.1) is 16.7 Å². The summed E-state index contributed by atoms with van der Waals surface area (Å²) in [6.07, 6.45) is -10.2. The number of nitrogens with one attached hydrogen (secondary N) is 1. The van der Waals surface area contributed by atoms with Crippen LogP contribution < -0.4 is 10.1 Å². The van der Waals surface area contributed by atoms with Crippen molar-refractivity contribution >= 4 is 17.5 Å². The normalized spacial score (nSPS) is 11.7. The second-order valence-electron chi connectivity index (χ2n) is 7.93. The van der Waals surface area contributed by atoms with E-state index in [0.717, 1.165) is 11.6 Å². The number of hydrogen-bond donors (Lipinski definition) is 1. The number of carbonyl (C=O) groups is 2. The number of halogens is 6. The number of alkyl halides is 6. The molecule has 0 unspecified atom stereocenters. The van der Waals surface area contributed by atoms with Crippen LogP contribution in [0.15, 0.2) is 66.7 Å². The molecule has 0 aliphatic rings. The first-order valence-electron chi connectivity index (χ1n) is 10.4. The Kier molecular flexibility index (Phi) is 7.61. The molecule has 2 amide bonds. The Morgan fingerprint density at radius 1 is 0.833 bits per heavy atom. The fourth-order valence-electron chi connectivity index (χ4n) is 3.19. The van der Waals surface area contributed by atoms with Crippen molar-refractivity contribution in [1.82, 2.24) is 4.90 Å². The maximum atomic E-state index is 13.2. The third kappa shape index (κ3) is 6.55. The van der Waals surface area contributed by atoms with Gasteiger partial charge in [0.1, 0.15) is 12.4 Å². The van der Waals surface area contributed by atoms with Crippen LogP contribution in [0.5, 0.6) is 5.75 Å². The molecule has 11 heteroatoms. The third-order valence-corrected chi connectivity index (χ3v) is 4.96. The molecule has 0 atom stereocenters. The van der Waals surface area contributed by atoms with E-state index in [-0.39, 0.29) is 29.5 Å². The molecule has 0 radical (unpaired) electrons. The summed E-state index contributed by atoms with van der Waals surface area (Å²) >= 11 is 0. The van der Waals surface area contributed by atoms with Gasteiger partial charge in [-0.25, -0.2) is 0 Å². The highest BCUT2D eigenvalue weighted by atomic mass is 19.4. The van der Waals surface area contributed by atoms with Crippen LogP contribution in [-0.4, -0.2) is 30.8 Å². The van der Waals surface area contributed by atoms with Crippen LogP contribution in [0.1, 0.15) is 37.4 Å². The molecular formula is C25H20F6N2O3. The molecule has 0 aliphatic heterocycles. The first-order valence-corrected chi connectivity index (χ1v) is 10.4. The summed E-state index contributed by atoms with van der Waals surface area (Å²) in [4.78, 5) is 26.7. The number of anilines is 1. The van der Waals surface area contributed by atoms with Crippen LogP contribution in [0, 0.1) is 0 Å². The Morgan fingerprint density at radius 3 is 1.94 bits per heavy atom. The van der Waals surface area contributed by atoms with Crippen molar-refractivity contribution in [3.8, 4) is 5.75 Å². The molecule has 0 aromatic heterocycles. The summed E-state index contributed by atoms with van der Waals surface area (Å²) in [6, 6.07) is 13.5. The zero-order valence-electron chi connectivity index (χ0n) is 19.0. The molecule has 0 fully saturated rings. The highest BCUT2D eigenvalue weighted by Crippen LogP contribution is 2.37. The Hall–Kier alpha value is -4.02. The number of hydrogen-bond acceptors (Lipinski definition) is 3. The third-order valence-electron chi connectivity index (χ3n) is 4.96. The Bertz CT molecular complexity index is 1220. The first-order chi connectivity index (χ1) is 16.8. The van der Waals surface area contributed by atoms with Crippen LogP contribution in [0.2, 0.25) is 0 Å². The van der Waals surface area contributed by atoms with E-state index >= 15 is 0 Å². The zero-order chi connectivity index (χ0) is 26.7.